The Bertz CT molecular complexity index is 600. The van der Waals surface area contributed by atoms with Crippen molar-refractivity contribution in [3.63, 3.8) is 0 Å². The second kappa shape index (κ2) is 4.09. The van der Waals surface area contributed by atoms with Crippen molar-refractivity contribution in [1.82, 2.24) is 4.57 Å². The van der Waals surface area contributed by atoms with Crippen molar-refractivity contribution < 1.29 is 0 Å². The zero-order chi connectivity index (χ0) is 12.6. The zero-order valence-corrected chi connectivity index (χ0v) is 10.3. The van der Waals surface area contributed by atoms with Crippen molar-refractivity contribution in [3.05, 3.63) is 57.5 Å². The molecular weight excluding hydrogens is 212 g/mol. The second-order valence-electron chi connectivity index (χ2n) is 4.37. The average Bonchev–Trinajstić information content (AvgIpc) is 2.21. The van der Waals surface area contributed by atoms with Crippen LogP contribution in [0.15, 0.2) is 35.1 Å². The number of nitrogens with zero attached hydrogens (tertiary/aromatic N) is 1. The molecule has 17 heavy (non-hydrogen) atoms. The molecule has 0 atom stereocenters. The van der Waals surface area contributed by atoms with E-state index >= 15 is 0 Å². The Morgan fingerprint density at radius 2 is 1.59 bits per heavy atom. The third-order valence-electron chi connectivity index (χ3n) is 2.83. The van der Waals surface area contributed by atoms with E-state index in [2.05, 4.69) is 0 Å². The molecule has 1 heterocycles. The smallest absolute Gasteiger partial charge is 0.182 e. The fourth-order valence-corrected chi connectivity index (χ4v) is 2.09. The standard InChI is InChI=1S/C14H16N2O/c1-9-4-5-13(15)14(6-9)16-10(2)7-12(17)8-11(16)3/h4-8H,15H2,1-3H3. The lowest BCUT2D eigenvalue weighted by atomic mass is 10.1. The molecule has 0 aliphatic carbocycles. The topological polar surface area (TPSA) is 48.0 Å². The van der Waals surface area contributed by atoms with Crippen LogP contribution in [0.4, 0.5) is 5.69 Å². The van der Waals surface area contributed by atoms with Crippen LogP contribution in [-0.2, 0) is 0 Å². The van der Waals surface area contributed by atoms with E-state index in [1.165, 1.54) is 0 Å². The summed E-state index contributed by atoms with van der Waals surface area (Å²) in [5, 5.41) is 0. The molecule has 0 saturated carbocycles. The fourth-order valence-electron chi connectivity index (χ4n) is 2.09. The Morgan fingerprint density at radius 1 is 1.00 bits per heavy atom. The summed E-state index contributed by atoms with van der Waals surface area (Å²) in [6, 6.07) is 9.14. The number of nitrogens with two attached hydrogens (primary N) is 1. The minimum Gasteiger partial charge on any atom is -0.397 e. The van der Waals surface area contributed by atoms with E-state index < -0.39 is 0 Å². The third-order valence-corrected chi connectivity index (χ3v) is 2.83. The number of hydrogen-bond donors (Lipinski definition) is 1. The number of aryl methyl sites for hydroxylation is 3. The van der Waals surface area contributed by atoms with Gasteiger partial charge in [0.1, 0.15) is 0 Å². The third kappa shape index (κ3) is 2.09. The molecule has 0 unspecified atom stereocenters. The number of rotatable bonds is 1. The molecule has 2 rings (SSSR count). The highest BCUT2D eigenvalue weighted by atomic mass is 16.1. The van der Waals surface area contributed by atoms with E-state index in [0.29, 0.717) is 5.69 Å². The normalized spacial score (nSPS) is 10.5. The molecule has 0 spiro atoms. The minimum absolute atomic E-state index is 0.0301. The summed E-state index contributed by atoms with van der Waals surface area (Å²) in [7, 11) is 0. The minimum atomic E-state index is 0.0301. The van der Waals surface area contributed by atoms with Crippen molar-refractivity contribution in [1.29, 1.82) is 0 Å². The highest BCUT2D eigenvalue weighted by molar-refractivity contribution is 5.60. The summed E-state index contributed by atoms with van der Waals surface area (Å²) in [6.07, 6.45) is 0. The van der Waals surface area contributed by atoms with E-state index in [1.54, 1.807) is 12.1 Å². The van der Waals surface area contributed by atoms with Crippen LogP contribution < -0.4 is 11.2 Å². The maximum Gasteiger partial charge on any atom is 0.182 e. The predicted octanol–water partition coefficient (Wildman–Crippen LogP) is 2.34. The summed E-state index contributed by atoms with van der Waals surface area (Å²) in [5.74, 6) is 0. The van der Waals surface area contributed by atoms with Gasteiger partial charge in [0.25, 0.3) is 0 Å². The molecule has 3 nitrogen and oxygen atoms in total. The highest BCUT2D eigenvalue weighted by Crippen LogP contribution is 2.21. The lowest BCUT2D eigenvalue weighted by molar-refractivity contribution is 0.923. The van der Waals surface area contributed by atoms with Gasteiger partial charge in [-0.25, -0.2) is 0 Å². The SMILES string of the molecule is Cc1ccc(N)c(-n2c(C)cc(=O)cc2C)c1. The summed E-state index contributed by atoms with van der Waals surface area (Å²) in [6.45, 7) is 5.85. The molecule has 0 saturated heterocycles. The summed E-state index contributed by atoms with van der Waals surface area (Å²) < 4.78 is 2.00. The molecule has 1 aromatic carbocycles. The van der Waals surface area contributed by atoms with Gasteiger partial charge in [-0.1, -0.05) is 6.07 Å². The maximum atomic E-state index is 11.4. The molecule has 88 valence electrons. The van der Waals surface area contributed by atoms with Crippen LogP contribution in [0, 0.1) is 20.8 Å². The van der Waals surface area contributed by atoms with Crippen molar-refractivity contribution in [2.75, 3.05) is 5.73 Å². The number of aromatic nitrogens is 1. The summed E-state index contributed by atoms with van der Waals surface area (Å²) in [5.41, 5.74) is 10.6. The molecule has 1 aromatic heterocycles. The Hall–Kier alpha value is -2.03. The first kappa shape index (κ1) is 11.5. The number of nitrogen functional groups attached to an aromatic ring is 1. The second-order valence-corrected chi connectivity index (χ2v) is 4.37. The first-order chi connectivity index (χ1) is 7.99. The van der Waals surface area contributed by atoms with Gasteiger partial charge in [0, 0.05) is 23.5 Å². The summed E-state index contributed by atoms with van der Waals surface area (Å²) in [4.78, 5) is 11.4. The van der Waals surface area contributed by atoms with Gasteiger partial charge in [-0.05, 0) is 38.5 Å². The monoisotopic (exact) mass is 228 g/mol. The van der Waals surface area contributed by atoms with Crippen LogP contribution in [0.1, 0.15) is 17.0 Å². The molecule has 0 amide bonds. The van der Waals surface area contributed by atoms with Gasteiger partial charge in [-0.2, -0.15) is 0 Å². The van der Waals surface area contributed by atoms with Gasteiger partial charge in [-0.15, -0.1) is 0 Å². The molecule has 0 fully saturated rings. The van der Waals surface area contributed by atoms with Crippen LogP contribution in [0.3, 0.4) is 0 Å². The van der Waals surface area contributed by atoms with Crippen LogP contribution in [0.25, 0.3) is 5.69 Å². The lowest BCUT2D eigenvalue weighted by Crippen LogP contribution is -2.12. The van der Waals surface area contributed by atoms with E-state index in [0.717, 1.165) is 22.6 Å². The van der Waals surface area contributed by atoms with Crippen LogP contribution in [0.2, 0.25) is 0 Å². The largest absolute Gasteiger partial charge is 0.397 e. The molecule has 0 aliphatic heterocycles. The molecular formula is C14H16N2O. The molecule has 2 N–H and O–H groups in total. The summed E-state index contributed by atoms with van der Waals surface area (Å²) >= 11 is 0. The lowest BCUT2D eigenvalue weighted by Gasteiger charge is -2.16. The van der Waals surface area contributed by atoms with Crippen LogP contribution >= 0.6 is 0 Å². The molecule has 0 bridgehead atoms. The van der Waals surface area contributed by atoms with E-state index in [9.17, 15) is 4.79 Å². The van der Waals surface area contributed by atoms with E-state index in [-0.39, 0.29) is 5.43 Å². The van der Waals surface area contributed by atoms with Crippen molar-refractivity contribution in [2.45, 2.75) is 20.8 Å². The van der Waals surface area contributed by atoms with Gasteiger partial charge in [0.2, 0.25) is 0 Å². The zero-order valence-electron chi connectivity index (χ0n) is 10.3. The number of anilines is 1. The molecule has 0 aliphatic rings. The quantitative estimate of drug-likeness (QED) is 0.761. The Balaban J connectivity index is 2.77. The Morgan fingerprint density at radius 3 is 2.18 bits per heavy atom. The molecule has 0 radical (unpaired) electrons. The Labute approximate surface area is 101 Å². The van der Waals surface area contributed by atoms with E-state index in [1.807, 2.05) is 43.5 Å². The fraction of sp³-hybridized carbons (Fsp3) is 0.214. The first-order valence-electron chi connectivity index (χ1n) is 5.56. The number of hydrogen-bond acceptors (Lipinski definition) is 2. The molecule has 3 heteroatoms. The average molecular weight is 228 g/mol. The van der Waals surface area contributed by atoms with Gasteiger partial charge >= 0.3 is 0 Å². The Kier molecular flexibility index (Phi) is 2.76. The van der Waals surface area contributed by atoms with Crippen LogP contribution in [-0.4, -0.2) is 4.57 Å². The van der Waals surface area contributed by atoms with Gasteiger partial charge in [0.05, 0.1) is 11.4 Å². The van der Waals surface area contributed by atoms with Crippen molar-refractivity contribution in [2.24, 2.45) is 0 Å². The maximum absolute atomic E-state index is 11.4. The molecule has 2 aromatic rings. The van der Waals surface area contributed by atoms with E-state index in [4.69, 9.17) is 5.73 Å². The van der Waals surface area contributed by atoms with Gasteiger partial charge < -0.3 is 10.3 Å². The van der Waals surface area contributed by atoms with Crippen LogP contribution in [0.5, 0.6) is 0 Å². The number of benzene rings is 1. The van der Waals surface area contributed by atoms with Gasteiger partial charge in [0.15, 0.2) is 5.43 Å². The first-order valence-corrected chi connectivity index (χ1v) is 5.56. The highest BCUT2D eigenvalue weighted by Gasteiger charge is 2.07. The van der Waals surface area contributed by atoms with Gasteiger partial charge in [-0.3, -0.25) is 4.79 Å². The predicted molar refractivity (Wildman–Crippen MR) is 70.7 cm³/mol. The number of pyridine rings is 1. The van der Waals surface area contributed by atoms with Crippen molar-refractivity contribution >= 4 is 5.69 Å². The van der Waals surface area contributed by atoms with Crippen molar-refractivity contribution in [3.8, 4) is 5.69 Å².